The van der Waals surface area contributed by atoms with Gasteiger partial charge in [-0.3, -0.25) is 4.79 Å². The van der Waals surface area contributed by atoms with Crippen molar-refractivity contribution in [1.82, 2.24) is 0 Å². The molecule has 0 heterocycles. The summed E-state index contributed by atoms with van der Waals surface area (Å²) in [6, 6.07) is 9.88. The van der Waals surface area contributed by atoms with Gasteiger partial charge in [-0.05, 0) is 42.3 Å². The molecule has 1 aliphatic carbocycles. The minimum absolute atomic E-state index is 0.135. The second-order valence-corrected chi connectivity index (χ2v) is 5.20. The number of fused-ring (bicyclic) bond motifs is 1. The van der Waals surface area contributed by atoms with E-state index in [0.29, 0.717) is 22.8 Å². The first-order valence-corrected chi connectivity index (χ1v) is 6.74. The number of aryl methyl sites for hydroxylation is 1. The number of ether oxygens (including phenoxy) is 1. The molecule has 0 spiro atoms. The molecule has 4 heteroatoms. The molecule has 3 rings (SSSR count). The minimum atomic E-state index is -0.381. The van der Waals surface area contributed by atoms with E-state index in [2.05, 4.69) is 0 Å². The zero-order valence-electron chi connectivity index (χ0n) is 10.7. The maximum absolute atomic E-state index is 13.6. The van der Waals surface area contributed by atoms with Gasteiger partial charge in [-0.15, -0.1) is 0 Å². The van der Waals surface area contributed by atoms with Crippen LogP contribution in [0.15, 0.2) is 36.4 Å². The Labute approximate surface area is 121 Å². The third kappa shape index (κ3) is 2.54. The number of ketones is 1. The van der Waals surface area contributed by atoms with E-state index in [4.69, 9.17) is 16.3 Å². The zero-order valence-corrected chi connectivity index (χ0v) is 11.4. The second kappa shape index (κ2) is 5.25. The Morgan fingerprint density at radius 1 is 1.15 bits per heavy atom. The Hall–Kier alpha value is -1.87. The fourth-order valence-corrected chi connectivity index (χ4v) is 2.48. The van der Waals surface area contributed by atoms with Crippen LogP contribution in [0.1, 0.15) is 27.9 Å². The number of halogens is 2. The minimum Gasteiger partial charge on any atom is -0.489 e. The third-order valence-electron chi connectivity index (χ3n) is 3.41. The molecule has 2 aromatic rings. The molecular formula is C16H12ClFO2. The van der Waals surface area contributed by atoms with Crippen molar-refractivity contribution >= 4 is 17.4 Å². The predicted octanol–water partition coefficient (Wildman–Crippen LogP) is 4.19. The average molecular weight is 291 g/mol. The highest BCUT2D eigenvalue weighted by molar-refractivity contribution is 6.30. The molecule has 0 N–H and O–H groups in total. The van der Waals surface area contributed by atoms with E-state index < -0.39 is 0 Å². The number of rotatable bonds is 3. The van der Waals surface area contributed by atoms with Crippen molar-refractivity contribution in [2.24, 2.45) is 0 Å². The predicted molar refractivity (Wildman–Crippen MR) is 74.8 cm³/mol. The quantitative estimate of drug-likeness (QED) is 0.847. The highest BCUT2D eigenvalue weighted by atomic mass is 35.5. The van der Waals surface area contributed by atoms with Crippen LogP contribution in [0.25, 0.3) is 0 Å². The molecule has 0 aromatic heterocycles. The molecule has 0 aliphatic heterocycles. The lowest BCUT2D eigenvalue weighted by Gasteiger charge is -2.08. The van der Waals surface area contributed by atoms with Gasteiger partial charge in [-0.25, -0.2) is 4.39 Å². The lowest BCUT2D eigenvalue weighted by atomic mass is 10.1. The third-order valence-corrected chi connectivity index (χ3v) is 3.64. The molecule has 102 valence electrons. The van der Waals surface area contributed by atoms with Gasteiger partial charge in [0.1, 0.15) is 18.2 Å². The molecule has 0 saturated heterocycles. The molecule has 2 aromatic carbocycles. The fraction of sp³-hybridized carbons (Fsp3) is 0.188. The molecule has 20 heavy (non-hydrogen) atoms. The summed E-state index contributed by atoms with van der Waals surface area (Å²) in [5, 5.41) is 0.363. The van der Waals surface area contributed by atoms with Crippen molar-refractivity contribution in [2.45, 2.75) is 19.4 Å². The molecule has 0 unspecified atom stereocenters. The summed E-state index contributed by atoms with van der Waals surface area (Å²) >= 11 is 5.70. The number of carbonyl (C=O) groups is 1. The van der Waals surface area contributed by atoms with Crippen molar-refractivity contribution in [3.05, 3.63) is 63.9 Å². The number of hydrogen-bond donors (Lipinski definition) is 0. The van der Waals surface area contributed by atoms with Crippen molar-refractivity contribution in [1.29, 1.82) is 0 Å². The molecule has 2 nitrogen and oxygen atoms in total. The smallest absolute Gasteiger partial charge is 0.163 e. The Morgan fingerprint density at radius 2 is 2.00 bits per heavy atom. The van der Waals surface area contributed by atoms with Crippen molar-refractivity contribution in [3.63, 3.8) is 0 Å². The average Bonchev–Trinajstić information content (AvgIpc) is 2.79. The van der Waals surface area contributed by atoms with Gasteiger partial charge < -0.3 is 4.74 Å². The summed E-state index contributed by atoms with van der Waals surface area (Å²) < 4.78 is 19.2. The molecule has 0 fully saturated rings. The molecular weight excluding hydrogens is 279 g/mol. The number of benzene rings is 2. The van der Waals surface area contributed by atoms with Gasteiger partial charge in [0.25, 0.3) is 0 Å². The van der Waals surface area contributed by atoms with Crippen LogP contribution in [0.2, 0.25) is 5.02 Å². The normalized spacial score (nSPS) is 13.4. The molecule has 0 saturated carbocycles. The summed E-state index contributed by atoms with van der Waals surface area (Å²) in [6.45, 7) is 0.135. The fourth-order valence-electron chi connectivity index (χ4n) is 2.32. The van der Waals surface area contributed by atoms with Crippen LogP contribution in [0.3, 0.4) is 0 Å². The molecule has 0 amide bonds. The summed E-state index contributed by atoms with van der Waals surface area (Å²) in [6.07, 6.45) is 1.31. The largest absolute Gasteiger partial charge is 0.489 e. The standard InChI is InChI=1S/C16H12ClFO2/c17-12-3-1-11(15(18)8-12)9-20-13-4-5-14-10(7-13)2-6-16(14)19/h1,3-5,7-8H,2,6,9H2. The Bertz CT molecular complexity index is 682. The van der Waals surface area contributed by atoms with Gasteiger partial charge in [-0.1, -0.05) is 17.7 Å². The highest BCUT2D eigenvalue weighted by Crippen LogP contribution is 2.26. The zero-order chi connectivity index (χ0) is 14.1. The molecule has 0 atom stereocenters. The first-order valence-electron chi connectivity index (χ1n) is 6.36. The Balaban J connectivity index is 1.74. The highest BCUT2D eigenvalue weighted by Gasteiger charge is 2.19. The van der Waals surface area contributed by atoms with Crippen LogP contribution in [0.5, 0.6) is 5.75 Å². The lowest BCUT2D eigenvalue weighted by molar-refractivity contribution is 0.0994. The molecule has 0 bridgehead atoms. The monoisotopic (exact) mass is 290 g/mol. The topological polar surface area (TPSA) is 26.3 Å². The summed E-state index contributed by atoms with van der Waals surface area (Å²) in [7, 11) is 0. The maximum atomic E-state index is 13.6. The lowest BCUT2D eigenvalue weighted by Crippen LogP contribution is -1.99. The van der Waals surface area contributed by atoms with E-state index in [9.17, 15) is 9.18 Å². The number of Topliss-reactive ketones (excluding diaryl/α,β-unsaturated/α-hetero) is 1. The summed E-state index contributed by atoms with van der Waals surface area (Å²) in [4.78, 5) is 11.5. The van der Waals surface area contributed by atoms with E-state index in [1.165, 1.54) is 6.07 Å². The molecule has 1 aliphatic rings. The second-order valence-electron chi connectivity index (χ2n) is 4.77. The maximum Gasteiger partial charge on any atom is 0.163 e. The van der Waals surface area contributed by atoms with Gasteiger partial charge in [0, 0.05) is 22.6 Å². The van der Waals surface area contributed by atoms with Crippen molar-refractivity contribution in [2.75, 3.05) is 0 Å². The van der Waals surface area contributed by atoms with Crippen molar-refractivity contribution in [3.8, 4) is 5.75 Å². The Kier molecular flexibility index (Phi) is 3.45. The van der Waals surface area contributed by atoms with E-state index >= 15 is 0 Å². The van der Waals surface area contributed by atoms with Crippen LogP contribution in [-0.4, -0.2) is 5.78 Å². The SMILES string of the molecule is O=C1CCc2cc(OCc3ccc(Cl)cc3F)ccc21. The van der Waals surface area contributed by atoms with E-state index in [1.54, 1.807) is 24.3 Å². The van der Waals surface area contributed by atoms with Crippen molar-refractivity contribution < 1.29 is 13.9 Å². The first kappa shape index (κ1) is 13.1. The van der Waals surface area contributed by atoms with E-state index in [1.807, 2.05) is 6.07 Å². The van der Waals surface area contributed by atoms with Crippen LogP contribution < -0.4 is 4.74 Å². The van der Waals surface area contributed by atoms with Gasteiger partial charge in [0.15, 0.2) is 5.78 Å². The van der Waals surface area contributed by atoms with E-state index in [0.717, 1.165) is 17.5 Å². The van der Waals surface area contributed by atoms with Gasteiger partial charge in [-0.2, -0.15) is 0 Å². The first-order chi connectivity index (χ1) is 9.63. The van der Waals surface area contributed by atoms with Gasteiger partial charge in [0.2, 0.25) is 0 Å². The summed E-state index contributed by atoms with van der Waals surface area (Å²) in [5.41, 5.74) is 2.23. The van der Waals surface area contributed by atoms with Gasteiger partial charge >= 0.3 is 0 Å². The van der Waals surface area contributed by atoms with Gasteiger partial charge in [0.05, 0.1) is 0 Å². The van der Waals surface area contributed by atoms with E-state index in [-0.39, 0.29) is 18.2 Å². The summed E-state index contributed by atoms with van der Waals surface area (Å²) in [5.74, 6) is 0.442. The Morgan fingerprint density at radius 3 is 2.80 bits per heavy atom. The van der Waals surface area contributed by atoms with Crippen LogP contribution in [-0.2, 0) is 13.0 Å². The van der Waals surface area contributed by atoms with Crippen LogP contribution >= 0.6 is 11.6 Å². The van der Waals surface area contributed by atoms with Crippen LogP contribution in [0, 0.1) is 5.82 Å². The molecule has 0 radical (unpaired) electrons. The number of hydrogen-bond acceptors (Lipinski definition) is 2. The van der Waals surface area contributed by atoms with Crippen LogP contribution in [0.4, 0.5) is 4.39 Å². The number of carbonyl (C=O) groups excluding carboxylic acids is 1.